The van der Waals surface area contributed by atoms with Gasteiger partial charge in [-0.05, 0) is 42.5 Å². The fraction of sp³-hybridized carbons (Fsp3) is 0.211. The maximum absolute atomic E-state index is 12.4. The molecular weight excluding hydrogens is 394 g/mol. The molecule has 0 aliphatic heterocycles. The Bertz CT molecular complexity index is 849. The van der Waals surface area contributed by atoms with Gasteiger partial charge in [0.15, 0.2) is 0 Å². The zero-order valence-corrected chi connectivity index (χ0v) is 15.4. The third-order valence-corrected chi connectivity index (χ3v) is 4.01. The Kier molecular flexibility index (Phi) is 6.67. The molecule has 0 atom stereocenters. The molecule has 6 nitrogen and oxygen atoms in total. The Morgan fingerprint density at radius 2 is 1.75 bits per heavy atom. The van der Waals surface area contributed by atoms with Crippen LogP contribution in [-0.2, 0) is 17.9 Å². The SMILES string of the molecule is O=C(CN(Cc1ccco1)Cc1ccco1)Nc1ccc(OC(F)F)c(Cl)c1. The molecule has 2 heterocycles. The zero-order valence-electron chi connectivity index (χ0n) is 14.6. The van der Waals surface area contributed by atoms with E-state index in [-0.39, 0.29) is 23.2 Å². The van der Waals surface area contributed by atoms with Gasteiger partial charge in [0.25, 0.3) is 0 Å². The second-order valence-corrected chi connectivity index (χ2v) is 6.28. The van der Waals surface area contributed by atoms with E-state index in [1.807, 2.05) is 17.0 Å². The number of nitrogens with zero attached hydrogens (tertiary/aromatic N) is 1. The lowest BCUT2D eigenvalue weighted by Crippen LogP contribution is -2.32. The molecule has 0 spiro atoms. The van der Waals surface area contributed by atoms with Crippen molar-refractivity contribution in [2.45, 2.75) is 19.7 Å². The van der Waals surface area contributed by atoms with E-state index in [0.717, 1.165) is 0 Å². The lowest BCUT2D eigenvalue weighted by Gasteiger charge is -2.19. The van der Waals surface area contributed by atoms with E-state index in [1.165, 1.54) is 18.2 Å². The second kappa shape index (κ2) is 9.38. The summed E-state index contributed by atoms with van der Waals surface area (Å²) >= 11 is 5.91. The van der Waals surface area contributed by atoms with Gasteiger partial charge in [-0.3, -0.25) is 9.69 Å². The molecule has 148 valence electrons. The number of benzene rings is 1. The van der Waals surface area contributed by atoms with Gasteiger partial charge in [0, 0.05) is 5.69 Å². The van der Waals surface area contributed by atoms with Crippen molar-refractivity contribution in [3.63, 3.8) is 0 Å². The average Bonchev–Trinajstić information content (AvgIpc) is 3.31. The molecule has 0 unspecified atom stereocenters. The van der Waals surface area contributed by atoms with Crippen molar-refractivity contribution < 1.29 is 27.1 Å². The molecule has 0 bridgehead atoms. The lowest BCUT2D eigenvalue weighted by molar-refractivity contribution is -0.117. The highest BCUT2D eigenvalue weighted by Crippen LogP contribution is 2.29. The van der Waals surface area contributed by atoms with Crippen LogP contribution in [-0.4, -0.2) is 24.0 Å². The molecule has 2 aromatic heterocycles. The van der Waals surface area contributed by atoms with Gasteiger partial charge in [-0.25, -0.2) is 0 Å². The maximum atomic E-state index is 12.4. The molecule has 28 heavy (non-hydrogen) atoms. The van der Waals surface area contributed by atoms with E-state index in [2.05, 4.69) is 10.1 Å². The molecule has 3 rings (SSSR count). The van der Waals surface area contributed by atoms with Crippen LogP contribution in [0.4, 0.5) is 14.5 Å². The number of carbonyl (C=O) groups excluding carboxylic acids is 1. The van der Waals surface area contributed by atoms with Crippen LogP contribution in [0.15, 0.2) is 63.8 Å². The van der Waals surface area contributed by atoms with Crippen LogP contribution < -0.4 is 10.1 Å². The molecular formula is C19H17ClF2N2O4. The van der Waals surface area contributed by atoms with Crippen LogP contribution in [0.1, 0.15) is 11.5 Å². The summed E-state index contributed by atoms with van der Waals surface area (Å²) in [6.45, 7) is -2.12. The molecule has 0 aliphatic carbocycles. The van der Waals surface area contributed by atoms with Gasteiger partial charge in [-0.15, -0.1) is 0 Å². The highest BCUT2D eigenvalue weighted by molar-refractivity contribution is 6.32. The van der Waals surface area contributed by atoms with Crippen LogP contribution in [0.25, 0.3) is 0 Å². The number of nitrogens with one attached hydrogen (secondary N) is 1. The van der Waals surface area contributed by atoms with Crippen LogP contribution in [0.5, 0.6) is 5.75 Å². The Balaban J connectivity index is 1.63. The summed E-state index contributed by atoms with van der Waals surface area (Å²) in [5.74, 6) is 0.940. The average molecular weight is 411 g/mol. The molecule has 1 aromatic carbocycles. The predicted molar refractivity (Wildman–Crippen MR) is 98.2 cm³/mol. The summed E-state index contributed by atoms with van der Waals surface area (Å²) in [5, 5.41) is 2.66. The van der Waals surface area contributed by atoms with Crippen LogP contribution >= 0.6 is 11.6 Å². The number of ether oxygens (including phenoxy) is 1. The van der Waals surface area contributed by atoms with Gasteiger partial charge in [-0.1, -0.05) is 11.6 Å². The van der Waals surface area contributed by atoms with Crippen molar-refractivity contribution in [2.75, 3.05) is 11.9 Å². The minimum absolute atomic E-state index is 0.0267. The number of halogens is 3. The topological polar surface area (TPSA) is 67.9 Å². The first kappa shape index (κ1) is 19.9. The van der Waals surface area contributed by atoms with Crippen LogP contribution in [0.2, 0.25) is 5.02 Å². The van der Waals surface area contributed by atoms with Gasteiger partial charge in [0.1, 0.15) is 17.3 Å². The van der Waals surface area contributed by atoms with Crippen molar-refractivity contribution in [2.24, 2.45) is 0 Å². The number of hydrogen-bond acceptors (Lipinski definition) is 5. The highest BCUT2D eigenvalue weighted by atomic mass is 35.5. The van der Waals surface area contributed by atoms with Gasteiger partial charge in [-0.2, -0.15) is 8.78 Å². The fourth-order valence-corrected chi connectivity index (χ4v) is 2.81. The first-order valence-corrected chi connectivity index (χ1v) is 8.69. The van der Waals surface area contributed by atoms with Crippen molar-refractivity contribution in [1.82, 2.24) is 4.90 Å². The van der Waals surface area contributed by atoms with E-state index in [9.17, 15) is 13.6 Å². The zero-order chi connectivity index (χ0) is 19.9. The number of hydrogen-bond donors (Lipinski definition) is 1. The molecule has 3 aromatic rings. The number of furan rings is 2. The Morgan fingerprint density at radius 3 is 2.25 bits per heavy atom. The van der Waals surface area contributed by atoms with Crippen LogP contribution in [0, 0.1) is 0 Å². The van der Waals surface area contributed by atoms with Gasteiger partial charge in [0.2, 0.25) is 5.91 Å². The maximum Gasteiger partial charge on any atom is 0.387 e. The standard InChI is InChI=1S/C19H17ClF2N2O4/c20-16-9-13(5-6-17(16)28-19(21)22)23-18(25)12-24(10-14-3-1-7-26-14)11-15-4-2-8-27-15/h1-9,19H,10-12H2,(H,23,25). The number of rotatable bonds is 9. The second-order valence-electron chi connectivity index (χ2n) is 5.88. The van der Waals surface area contributed by atoms with Crippen molar-refractivity contribution in [1.29, 1.82) is 0 Å². The Hall–Kier alpha value is -2.84. The first-order chi connectivity index (χ1) is 13.5. The van der Waals surface area contributed by atoms with Gasteiger partial charge < -0.3 is 18.9 Å². The number of alkyl halides is 2. The first-order valence-electron chi connectivity index (χ1n) is 8.31. The summed E-state index contributed by atoms with van der Waals surface area (Å²) in [6.07, 6.45) is 3.12. The van der Waals surface area contributed by atoms with Crippen LogP contribution in [0.3, 0.4) is 0 Å². The molecule has 0 fully saturated rings. The number of amides is 1. The summed E-state index contributed by atoms with van der Waals surface area (Å²) in [6, 6.07) is 11.2. The summed E-state index contributed by atoms with van der Waals surface area (Å²) in [4.78, 5) is 14.3. The van der Waals surface area contributed by atoms with Crippen molar-refractivity contribution in [3.05, 3.63) is 71.5 Å². The normalized spacial score (nSPS) is 11.2. The lowest BCUT2D eigenvalue weighted by atomic mass is 10.3. The van der Waals surface area contributed by atoms with Crippen molar-refractivity contribution in [3.8, 4) is 5.75 Å². The van der Waals surface area contributed by atoms with E-state index in [0.29, 0.717) is 30.3 Å². The third-order valence-electron chi connectivity index (χ3n) is 3.72. The predicted octanol–water partition coefficient (Wildman–Crippen LogP) is 4.77. The smallest absolute Gasteiger partial charge is 0.387 e. The molecule has 1 amide bonds. The van der Waals surface area contributed by atoms with E-state index in [4.69, 9.17) is 20.4 Å². The summed E-state index contributed by atoms with van der Waals surface area (Å²) in [7, 11) is 0. The number of anilines is 1. The van der Waals surface area contributed by atoms with Crippen molar-refractivity contribution >= 4 is 23.2 Å². The van der Waals surface area contributed by atoms with Gasteiger partial charge in [0.05, 0.1) is 37.2 Å². The molecule has 0 saturated heterocycles. The van der Waals surface area contributed by atoms with E-state index >= 15 is 0 Å². The molecule has 0 saturated carbocycles. The molecule has 0 radical (unpaired) electrons. The monoisotopic (exact) mass is 410 g/mol. The minimum Gasteiger partial charge on any atom is -0.468 e. The van der Waals surface area contributed by atoms with Gasteiger partial charge >= 0.3 is 6.61 Å². The van der Waals surface area contributed by atoms with E-state index in [1.54, 1.807) is 24.7 Å². The molecule has 9 heteroatoms. The van der Waals surface area contributed by atoms with E-state index < -0.39 is 6.61 Å². The number of carbonyl (C=O) groups is 1. The highest BCUT2D eigenvalue weighted by Gasteiger charge is 2.16. The quantitative estimate of drug-likeness (QED) is 0.550. The fourth-order valence-electron chi connectivity index (χ4n) is 2.59. The minimum atomic E-state index is -2.98. The summed E-state index contributed by atoms with van der Waals surface area (Å²) in [5.41, 5.74) is 0.368. The molecule has 1 N–H and O–H groups in total. The third kappa shape index (κ3) is 5.83. The molecule has 0 aliphatic rings. The summed E-state index contributed by atoms with van der Waals surface area (Å²) < 4.78 is 39.6. The largest absolute Gasteiger partial charge is 0.468 e. The Morgan fingerprint density at radius 1 is 1.11 bits per heavy atom. The Labute approximate surface area is 164 Å².